The molecule has 5 rings (SSSR count). The van der Waals surface area contributed by atoms with Crippen molar-refractivity contribution >= 4 is 17.2 Å². The summed E-state index contributed by atoms with van der Waals surface area (Å²) in [4.78, 5) is 6.86. The number of pyridine rings is 1. The standard InChI is InChI=1S/C29H27N5O/c30-18-24-23(21-12-13-27(25(31)16-21)34-14-6-7-15-34)17-26(33-29(24)32)22-10-4-5-11-28(22)35-19-20-8-2-1-3-9-20/h1-5,8-13,16-17H,6-7,14-15,19,31H2,(H2,32,33). The number of hydrogen-bond acceptors (Lipinski definition) is 6. The highest BCUT2D eigenvalue weighted by atomic mass is 16.5. The van der Waals surface area contributed by atoms with Gasteiger partial charge in [-0.3, -0.25) is 0 Å². The molecule has 0 saturated carbocycles. The van der Waals surface area contributed by atoms with Crippen molar-refractivity contribution < 1.29 is 4.74 Å². The molecule has 3 aromatic carbocycles. The van der Waals surface area contributed by atoms with Gasteiger partial charge in [0, 0.05) is 24.2 Å². The van der Waals surface area contributed by atoms with Crippen LogP contribution >= 0.6 is 0 Å². The number of para-hydroxylation sites is 1. The van der Waals surface area contributed by atoms with Gasteiger partial charge in [-0.15, -0.1) is 0 Å². The Labute approximate surface area is 205 Å². The minimum Gasteiger partial charge on any atom is -0.488 e. The lowest BCUT2D eigenvalue weighted by Gasteiger charge is -2.20. The minimum atomic E-state index is 0.181. The molecule has 1 aliphatic rings. The van der Waals surface area contributed by atoms with Gasteiger partial charge in [-0.05, 0) is 54.3 Å². The molecule has 0 aliphatic carbocycles. The molecule has 1 saturated heterocycles. The maximum Gasteiger partial charge on any atom is 0.142 e. The first kappa shape index (κ1) is 22.3. The summed E-state index contributed by atoms with van der Waals surface area (Å²) in [6, 6.07) is 27.8. The van der Waals surface area contributed by atoms with Crippen LogP contribution in [0.25, 0.3) is 22.4 Å². The maximum atomic E-state index is 9.85. The average Bonchev–Trinajstić information content (AvgIpc) is 3.42. The van der Waals surface area contributed by atoms with Crippen LogP contribution < -0.4 is 21.1 Å². The molecule has 6 nitrogen and oxygen atoms in total. The second-order valence-corrected chi connectivity index (χ2v) is 8.67. The van der Waals surface area contributed by atoms with E-state index in [2.05, 4.69) is 16.0 Å². The number of nitrogens with two attached hydrogens (primary N) is 2. The van der Waals surface area contributed by atoms with Gasteiger partial charge in [0.1, 0.15) is 29.8 Å². The molecule has 0 bridgehead atoms. The van der Waals surface area contributed by atoms with Crippen LogP contribution in [-0.4, -0.2) is 18.1 Å². The van der Waals surface area contributed by atoms with E-state index in [0.29, 0.717) is 34.9 Å². The van der Waals surface area contributed by atoms with E-state index in [1.807, 2.05) is 78.9 Å². The van der Waals surface area contributed by atoms with E-state index in [1.54, 1.807) is 0 Å². The summed E-state index contributed by atoms with van der Waals surface area (Å²) in [7, 11) is 0. The molecule has 1 fully saturated rings. The molecule has 4 N–H and O–H groups in total. The van der Waals surface area contributed by atoms with E-state index in [0.717, 1.165) is 35.5 Å². The average molecular weight is 462 g/mol. The fraction of sp³-hybridized carbons (Fsp3) is 0.172. The molecule has 1 aromatic heterocycles. The molecule has 0 amide bonds. The van der Waals surface area contributed by atoms with Gasteiger partial charge in [-0.1, -0.05) is 48.5 Å². The van der Waals surface area contributed by atoms with Gasteiger partial charge >= 0.3 is 0 Å². The van der Waals surface area contributed by atoms with Crippen LogP contribution in [0.4, 0.5) is 17.2 Å². The van der Waals surface area contributed by atoms with Crippen molar-refractivity contribution in [2.75, 3.05) is 29.5 Å². The minimum absolute atomic E-state index is 0.181. The summed E-state index contributed by atoms with van der Waals surface area (Å²) in [5, 5.41) is 9.85. The lowest BCUT2D eigenvalue weighted by atomic mass is 9.97. The van der Waals surface area contributed by atoms with Gasteiger partial charge < -0.3 is 21.1 Å². The summed E-state index contributed by atoms with van der Waals surface area (Å²) < 4.78 is 6.14. The Morgan fingerprint density at radius 2 is 1.63 bits per heavy atom. The van der Waals surface area contributed by atoms with E-state index in [9.17, 15) is 5.26 Å². The fourth-order valence-corrected chi connectivity index (χ4v) is 4.56. The smallest absolute Gasteiger partial charge is 0.142 e. The SMILES string of the molecule is N#Cc1c(-c2ccc(N3CCCC3)c(N)c2)cc(-c2ccccc2OCc2ccccc2)nc1N. The first-order chi connectivity index (χ1) is 17.1. The zero-order valence-corrected chi connectivity index (χ0v) is 19.4. The number of nitriles is 1. The highest BCUT2D eigenvalue weighted by Gasteiger charge is 2.19. The number of hydrogen-bond donors (Lipinski definition) is 2. The number of ether oxygens (including phenoxy) is 1. The summed E-state index contributed by atoms with van der Waals surface area (Å²) in [6.45, 7) is 2.46. The van der Waals surface area contributed by atoms with Crippen molar-refractivity contribution in [2.45, 2.75) is 19.4 Å². The Kier molecular flexibility index (Phi) is 6.23. The van der Waals surface area contributed by atoms with Crippen LogP contribution in [0, 0.1) is 11.3 Å². The van der Waals surface area contributed by atoms with Gasteiger partial charge in [-0.2, -0.15) is 5.26 Å². The molecule has 2 heterocycles. The Hall–Kier alpha value is -4.50. The summed E-state index contributed by atoms with van der Waals surface area (Å²) in [6.07, 6.45) is 2.35. The zero-order valence-electron chi connectivity index (χ0n) is 19.4. The third kappa shape index (κ3) is 4.62. The number of nitrogens with zero attached hydrogens (tertiary/aromatic N) is 3. The van der Waals surface area contributed by atoms with Crippen molar-refractivity contribution in [3.8, 4) is 34.2 Å². The first-order valence-electron chi connectivity index (χ1n) is 11.8. The van der Waals surface area contributed by atoms with Gasteiger partial charge in [0.25, 0.3) is 0 Å². The van der Waals surface area contributed by atoms with Gasteiger partial charge in [0.15, 0.2) is 0 Å². The van der Waals surface area contributed by atoms with Gasteiger partial charge in [0.05, 0.1) is 17.1 Å². The molecule has 174 valence electrons. The molecule has 0 atom stereocenters. The monoisotopic (exact) mass is 461 g/mol. The second-order valence-electron chi connectivity index (χ2n) is 8.67. The predicted octanol–water partition coefficient (Wildman–Crippen LogP) is 5.63. The molecule has 0 spiro atoms. The van der Waals surface area contributed by atoms with Crippen LogP contribution in [0.1, 0.15) is 24.0 Å². The lowest BCUT2D eigenvalue weighted by molar-refractivity contribution is 0.307. The van der Waals surface area contributed by atoms with Crippen LogP contribution in [0.15, 0.2) is 78.9 Å². The highest BCUT2D eigenvalue weighted by molar-refractivity contribution is 5.84. The van der Waals surface area contributed by atoms with Crippen molar-refractivity contribution in [2.24, 2.45) is 0 Å². The largest absolute Gasteiger partial charge is 0.488 e. The Bertz CT molecular complexity index is 1390. The van der Waals surface area contributed by atoms with Crippen molar-refractivity contribution in [3.05, 3.63) is 90.0 Å². The zero-order chi connectivity index (χ0) is 24.2. The summed E-state index contributed by atoms with van der Waals surface area (Å²) in [5.41, 5.74) is 18.8. The molecule has 0 unspecified atom stereocenters. The van der Waals surface area contributed by atoms with E-state index in [-0.39, 0.29) is 5.82 Å². The quantitative estimate of drug-likeness (QED) is 0.361. The van der Waals surface area contributed by atoms with E-state index >= 15 is 0 Å². The third-order valence-corrected chi connectivity index (χ3v) is 6.34. The van der Waals surface area contributed by atoms with Crippen LogP contribution in [0.5, 0.6) is 5.75 Å². The van der Waals surface area contributed by atoms with E-state index in [1.165, 1.54) is 12.8 Å². The third-order valence-electron chi connectivity index (χ3n) is 6.34. The van der Waals surface area contributed by atoms with Crippen LogP contribution in [0.3, 0.4) is 0 Å². The van der Waals surface area contributed by atoms with Crippen LogP contribution in [0.2, 0.25) is 0 Å². The van der Waals surface area contributed by atoms with Crippen molar-refractivity contribution in [1.82, 2.24) is 4.98 Å². The number of benzene rings is 3. The normalized spacial score (nSPS) is 12.9. The Morgan fingerprint density at radius 1 is 0.886 bits per heavy atom. The number of anilines is 3. The molecule has 0 radical (unpaired) electrons. The molecule has 4 aromatic rings. The fourth-order valence-electron chi connectivity index (χ4n) is 4.56. The topological polar surface area (TPSA) is 101 Å². The van der Waals surface area contributed by atoms with Crippen molar-refractivity contribution in [3.63, 3.8) is 0 Å². The second kappa shape index (κ2) is 9.78. The van der Waals surface area contributed by atoms with Crippen LogP contribution in [-0.2, 0) is 6.61 Å². The summed E-state index contributed by atoms with van der Waals surface area (Å²) >= 11 is 0. The van der Waals surface area contributed by atoms with Gasteiger partial charge in [-0.25, -0.2) is 4.98 Å². The molecule has 35 heavy (non-hydrogen) atoms. The number of aromatic nitrogens is 1. The van der Waals surface area contributed by atoms with Crippen molar-refractivity contribution in [1.29, 1.82) is 5.26 Å². The first-order valence-corrected chi connectivity index (χ1v) is 11.8. The lowest BCUT2D eigenvalue weighted by Crippen LogP contribution is -2.18. The number of nitrogen functional groups attached to an aromatic ring is 2. The van der Waals surface area contributed by atoms with E-state index < -0.39 is 0 Å². The molecule has 1 aliphatic heterocycles. The summed E-state index contributed by atoms with van der Waals surface area (Å²) in [5.74, 6) is 0.878. The number of rotatable bonds is 6. The van der Waals surface area contributed by atoms with Gasteiger partial charge in [0.2, 0.25) is 0 Å². The highest BCUT2D eigenvalue weighted by Crippen LogP contribution is 2.37. The predicted molar refractivity (Wildman–Crippen MR) is 141 cm³/mol. The maximum absolute atomic E-state index is 9.85. The molecular weight excluding hydrogens is 434 g/mol. The van der Waals surface area contributed by atoms with E-state index in [4.69, 9.17) is 16.2 Å². The Balaban J connectivity index is 1.53. The molecular formula is C29H27N5O. The molecule has 6 heteroatoms. The Morgan fingerprint density at radius 3 is 2.37 bits per heavy atom.